The Bertz CT molecular complexity index is 546. The van der Waals surface area contributed by atoms with Gasteiger partial charge in [0, 0.05) is 50.9 Å². The summed E-state index contributed by atoms with van der Waals surface area (Å²) in [5, 5.41) is 14.0. The summed E-state index contributed by atoms with van der Waals surface area (Å²) in [5.41, 5.74) is 1.14. The van der Waals surface area contributed by atoms with Crippen LogP contribution in [-0.2, 0) is 13.0 Å². The number of aryl methyl sites for hydroxylation is 2. The van der Waals surface area contributed by atoms with Crippen LogP contribution < -0.4 is 10.6 Å². The maximum absolute atomic E-state index is 4.45. The molecule has 0 radical (unpaired) electrons. The zero-order valence-electron chi connectivity index (χ0n) is 12.5. The number of thiazole rings is 1. The molecule has 0 bridgehead atoms. The van der Waals surface area contributed by atoms with Gasteiger partial charge < -0.3 is 10.6 Å². The number of nitrogens with one attached hydrogen (secondary N) is 2. The molecule has 0 saturated heterocycles. The number of hydrogen-bond donors (Lipinski definition) is 2. The van der Waals surface area contributed by atoms with E-state index >= 15 is 0 Å². The Morgan fingerprint density at radius 3 is 2.90 bits per heavy atom. The molecule has 2 aromatic rings. The predicted molar refractivity (Wildman–Crippen MR) is 86.8 cm³/mol. The van der Waals surface area contributed by atoms with Gasteiger partial charge in [-0.15, -0.1) is 11.3 Å². The summed E-state index contributed by atoms with van der Waals surface area (Å²) >= 11 is 1.69. The molecular formula is C14H22N6S. The lowest BCUT2D eigenvalue weighted by molar-refractivity contribution is 0.570. The highest BCUT2D eigenvalue weighted by molar-refractivity contribution is 7.09. The van der Waals surface area contributed by atoms with E-state index in [2.05, 4.69) is 31.1 Å². The minimum absolute atomic E-state index is 0.835. The topological polar surface area (TPSA) is 67.1 Å². The molecule has 21 heavy (non-hydrogen) atoms. The molecule has 0 atom stereocenters. The first-order chi connectivity index (χ1) is 10.3. The monoisotopic (exact) mass is 306 g/mol. The van der Waals surface area contributed by atoms with E-state index in [4.69, 9.17) is 0 Å². The average molecular weight is 306 g/mol. The summed E-state index contributed by atoms with van der Waals surface area (Å²) in [4.78, 5) is 8.66. The van der Waals surface area contributed by atoms with E-state index in [0.717, 1.165) is 49.1 Å². The Labute approximate surface area is 129 Å². The lowest BCUT2D eigenvalue weighted by Gasteiger charge is -2.11. The van der Waals surface area contributed by atoms with Gasteiger partial charge >= 0.3 is 0 Å². The molecule has 0 aromatic carbocycles. The van der Waals surface area contributed by atoms with Crippen LogP contribution in [0.3, 0.4) is 0 Å². The summed E-state index contributed by atoms with van der Waals surface area (Å²) in [6.45, 7) is 4.65. The zero-order valence-corrected chi connectivity index (χ0v) is 13.4. The van der Waals surface area contributed by atoms with Crippen LogP contribution >= 0.6 is 11.3 Å². The van der Waals surface area contributed by atoms with Crippen molar-refractivity contribution in [3.63, 3.8) is 0 Å². The predicted octanol–water partition coefficient (Wildman–Crippen LogP) is 1.45. The standard InChI is InChI=1S/C14H22N6S/c1-12-19-13(11-21-12)5-8-17-14(15-2)16-6-3-9-20-10-4-7-18-20/h4,7,10-11H,3,5-6,8-9H2,1-2H3,(H2,15,16,17). The molecule has 0 fully saturated rings. The molecule has 114 valence electrons. The van der Waals surface area contributed by atoms with E-state index in [0.29, 0.717) is 0 Å². The van der Waals surface area contributed by atoms with Crippen molar-refractivity contribution >= 4 is 17.3 Å². The van der Waals surface area contributed by atoms with Crippen molar-refractivity contribution in [2.75, 3.05) is 20.1 Å². The quantitative estimate of drug-likeness (QED) is 0.461. The minimum atomic E-state index is 0.835. The number of hydrogen-bond acceptors (Lipinski definition) is 4. The van der Waals surface area contributed by atoms with Gasteiger partial charge in [0.25, 0.3) is 0 Å². The molecule has 0 saturated carbocycles. The first-order valence-electron chi connectivity index (χ1n) is 7.11. The van der Waals surface area contributed by atoms with Gasteiger partial charge in [-0.1, -0.05) is 0 Å². The van der Waals surface area contributed by atoms with Gasteiger partial charge in [-0.2, -0.15) is 5.10 Å². The molecule has 0 aliphatic rings. The number of rotatable bonds is 7. The fourth-order valence-electron chi connectivity index (χ4n) is 1.93. The number of aliphatic imine (C=N–C) groups is 1. The fourth-order valence-corrected chi connectivity index (χ4v) is 2.58. The van der Waals surface area contributed by atoms with Crippen LogP contribution in [0.4, 0.5) is 0 Å². The molecular weight excluding hydrogens is 284 g/mol. The number of nitrogens with zero attached hydrogens (tertiary/aromatic N) is 4. The van der Waals surface area contributed by atoms with E-state index in [9.17, 15) is 0 Å². The molecule has 6 nitrogen and oxygen atoms in total. The Hall–Kier alpha value is -1.89. The maximum atomic E-state index is 4.45. The third-order valence-corrected chi connectivity index (χ3v) is 3.80. The Morgan fingerprint density at radius 1 is 1.38 bits per heavy atom. The molecule has 2 N–H and O–H groups in total. The maximum Gasteiger partial charge on any atom is 0.190 e. The second-order valence-corrected chi connectivity index (χ2v) is 5.72. The first-order valence-corrected chi connectivity index (χ1v) is 7.99. The largest absolute Gasteiger partial charge is 0.356 e. The van der Waals surface area contributed by atoms with Crippen LogP contribution in [0.1, 0.15) is 17.1 Å². The average Bonchev–Trinajstić information content (AvgIpc) is 3.13. The van der Waals surface area contributed by atoms with E-state index in [1.54, 1.807) is 24.6 Å². The molecule has 2 aromatic heterocycles. The molecule has 0 unspecified atom stereocenters. The molecule has 0 aliphatic heterocycles. The van der Waals surface area contributed by atoms with Crippen LogP contribution in [0.2, 0.25) is 0 Å². The number of aromatic nitrogens is 3. The first kappa shape index (κ1) is 15.5. The minimum Gasteiger partial charge on any atom is -0.356 e. The van der Waals surface area contributed by atoms with Crippen molar-refractivity contribution in [1.29, 1.82) is 0 Å². The second-order valence-electron chi connectivity index (χ2n) is 4.66. The van der Waals surface area contributed by atoms with Crippen molar-refractivity contribution < 1.29 is 0 Å². The van der Waals surface area contributed by atoms with Crippen LogP contribution in [0.5, 0.6) is 0 Å². The SMILES string of the molecule is CN=C(NCCCn1cccn1)NCCc1csc(C)n1. The lowest BCUT2D eigenvalue weighted by Crippen LogP contribution is -2.39. The third kappa shape index (κ3) is 5.55. The lowest BCUT2D eigenvalue weighted by atomic mass is 10.3. The van der Waals surface area contributed by atoms with E-state index < -0.39 is 0 Å². The summed E-state index contributed by atoms with van der Waals surface area (Å²) in [7, 11) is 1.79. The van der Waals surface area contributed by atoms with Gasteiger partial charge in [0.1, 0.15) is 0 Å². The summed E-state index contributed by atoms with van der Waals surface area (Å²) in [6.07, 6.45) is 5.70. The van der Waals surface area contributed by atoms with Gasteiger partial charge in [-0.05, 0) is 19.4 Å². The molecule has 0 spiro atoms. The van der Waals surface area contributed by atoms with Crippen molar-refractivity contribution in [1.82, 2.24) is 25.4 Å². The molecule has 0 amide bonds. The van der Waals surface area contributed by atoms with Crippen LogP contribution in [0.15, 0.2) is 28.8 Å². The number of guanidine groups is 1. The Balaban J connectivity index is 1.59. The van der Waals surface area contributed by atoms with E-state index in [1.165, 1.54) is 0 Å². The van der Waals surface area contributed by atoms with Gasteiger partial charge in [-0.25, -0.2) is 4.98 Å². The van der Waals surface area contributed by atoms with Crippen molar-refractivity contribution in [3.8, 4) is 0 Å². The zero-order chi connectivity index (χ0) is 14.9. The van der Waals surface area contributed by atoms with Gasteiger partial charge in [0.05, 0.1) is 10.7 Å². The van der Waals surface area contributed by atoms with Crippen molar-refractivity contribution in [2.45, 2.75) is 26.3 Å². The van der Waals surface area contributed by atoms with Crippen molar-refractivity contribution in [3.05, 3.63) is 34.5 Å². The summed E-state index contributed by atoms with van der Waals surface area (Å²) in [5.74, 6) is 0.836. The highest BCUT2D eigenvalue weighted by atomic mass is 32.1. The smallest absolute Gasteiger partial charge is 0.190 e. The second kappa shape index (κ2) is 8.41. The van der Waals surface area contributed by atoms with Crippen LogP contribution in [0.25, 0.3) is 0 Å². The van der Waals surface area contributed by atoms with Gasteiger partial charge in [0.15, 0.2) is 5.96 Å². The fraction of sp³-hybridized carbons (Fsp3) is 0.500. The summed E-state index contributed by atoms with van der Waals surface area (Å²) in [6, 6.07) is 1.94. The Morgan fingerprint density at radius 2 is 2.24 bits per heavy atom. The highest BCUT2D eigenvalue weighted by Gasteiger charge is 2.00. The van der Waals surface area contributed by atoms with Crippen LogP contribution in [0, 0.1) is 6.92 Å². The van der Waals surface area contributed by atoms with Gasteiger partial charge in [0.2, 0.25) is 0 Å². The third-order valence-electron chi connectivity index (χ3n) is 2.98. The molecule has 0 aliphatic carbocycles. The normalized spacial score (nSPS) is 11.6. The summed E-state index contributed by atoms with van der Waals surface area (Å²) < 4.78 is 1.93. The van der Waals surface area contributed by atoms with Crippen molar-refractivity contribution in [2.24, 2.45) is 4.99 Å². The highest BCUT2D eigenvalue weighted by Crippen LogP contribution is 2.07. The van der Waals surface area contributed by atoms with Crippen LogP contribution in [-0.4, -0.2) is 40.9 Å². The van der Waals surface area contributed by atoms with E-state index in [1.807, 2.05) is 23.9 Å². The van der Waals surface area contributed by atoms with E-state index in [-0.39, 0.29) is 0 Å². The molecule has 2 rings (SSSR count). The molecule has 7 heteroatoms. The Kier molecular flexibility index (Phi) is 6.21. The van der Waals surface area contributed by atoms with Gasteiger partial charge in [-0.3, -0.25) is 9.67 Å². The molecule has 2 heterocycles.